The molecule has 2 heterocycles. The second-order valence-electron chi connectivity index (χ2n) is 5.77. The van der Waals surface area contributed by atoms with Gasteiger partial charge in [0.1, 0.15) is 0 Å². The molecule has 6 nitrogen and oxygen atoms in total. The maximum absolute atomic E-state index is 13.0. The molecule has 0 saturated carbocycles. The van der Waals surface area contributed by atoms with Crippen LogP contribution < -0.4 is 5.32 Å². The average molecular weight is 329 g/mol. The Morgan fingerprint density at radius 2 is 2.22 bits per heavy atom. The summed E-state index contributed by atoms with van der Waals surface area (Å²) in [7, 11) is 1.56. The van der Waals surface area contributed by atoms with Crippen LogP contribution in [0.4, 0.5) is 19.0 Å². The highest BCUT2D eigenvalue weighted by Gasteiger charge is 2.51. The van der Waals surface area contributed by atoms with Crippen LogP contribution >= 0.6 is 0 Å². The number of nitrogens with zero attached hydrogens (tertiary/aromatic N) is 4. The maximum Gasteiger partial charge on any atom is 0.393 e. The number of carbonyl (C=O) groups is 1. The van der Waals surface area contributed by atoms with Gasteiger partial charge in [-0.25, -0.2) is 0 Å². The Balaban J connectivity index is 2.08. The van der Waals surface area contributed by atoms with Crippen LogP contribution in [0.5, 0.6) is 0 Å². The second-order valence-corrected chi connectivity index (χ2v) is 5.77. The summed E-state index contributed by atoms with van der Waals surface area (Å²) in [5.74, 6) is -3.29. The van der Waals surface area contributed by atoms with Gasteiger partial charge in [-0.05, 0) is 14.0 Å². The van der Waals surface area contributed by atoms with Gasteiger partial charge >= 0.3 is 6.18 Å². The molecule has 1 aromatic rings. The monoisotopic (exact) mass is 329 g/mol. The van der Waals surface area contributed by atoms with E-state index in [2.05, 4.69) is 10.4 Å². The molecule has 1 aliphatic heterocycles. The molecule has 2 atom stereocenters. The van der Waals surface area contributed by atoms with Crippen LogP contribution in [0.25, 0.3) is 0 Å². The van der Waals surface area contributed by atoms with E-state index in [4.69, 9.17) is 5.26 Å². The van der Waals surface area contributed by atoms with Crippen LogP contribution in [0.3, 0.4) is 0 Å². The van der Waals surface area contributed by atoms with Crippen molar-refractivity contribution in [2.75, 3.05) is 25.5 Å². The number of halogens is 3. The molecule has 2 rings (SSSR count). The Morgan fingerprint density at radius 3 is 2.83 bits per heavy atom. The first-order chi connectivity index (χ1) is 10.7. The molecule has 1 amide bonds. The van der Waals surface area contributed by atoms with Crippen molar-refractivity contribution < 1.29 is 18.0 Å². The number of nitriles is 1. The number of anilines is 1. The predicted octanol–water partition coefficient (Wildman–Crippen LogP) is 1.78. The van der Waals surface area contributed by atoms with Gasteiger partial charge in [-0.3, -0.25) is 9.48 Å². The van der Waals surface area contributed by atoms with Gasteiger partial charge in [-0.15, -0.1) is 0 Å². The normalized spacial score (nSPS) is 22.1. The molecule has 0 radical (unpaired) electrons. The quantitative estimate of drug-likeness (QED) is 0.914. The molecule has 126 valence electrons. The molecule has 0 aromatic carbocycles. The summed E-state index contributed by atoms with van der Waals surface area (Å²) in [4.78, 5) is 13.7. The van der Waals surface area contributed by atoms with E-state index in [0.717, 1.165) is 5.69 Å². The molecule has 0 spiro atoms. The van der Waals surface area contributed by atoms with E-state index in [0.29, 0.717) is 6.54 Å². The predicted molar refractivity (Wildman–Crippen MR) is 76.4 cm³/mol. The molecular formula is C14H18F3N5O. The standard InChI is InChI=1S/C14H18F3N5O/c1-9-6-12(20-22(9)5-3-4-18)19-13(23)10-7-21(2)8-11(10)14(15,16)17/h6,10-11H,3,5,7-8H2,1-2H3,(H,19,20,23)/t10-,11-/m1/s1. The molecule has 23 heavy (non-hydrogen) atoms. The van der Waals surface area contributed by atoms with Gasteiger partial charge in [0.05, 0.1) is 30.9 Å². The Kier molecular flexibility index (Phi) is 4.94. The SMILES string of the molecule is Cc1cc(NC(=O)[C@@H]2CN(C)C[C@H]2C(F)(F)F)nn1CCC#N. The fraction of sp³-hybridized carbons (Fsp3) is 0.643. The molecule has 9 heteroatoms. The summed E-state index contributed by atoms with van der Waals surface area (Å²) in [6, 6.07) is 3.57. The van der Waals surface area contributed by atoms with Gasteiger partial charge in [0.2, 0.25) is 5.91 Å². The van der Waals surface area contributed by atoms with E-state index in [1.165, 1.54) is 4.90 Å². The van der Waals surface area contributed by atoms with Crippen LogP contribution in [-0.4, -0.2) is 46.9 Å². The summed E-state index contributed by atoms with van der Waals surface area (Å²) in [5.41, 5.74) is 0.728. The molecule has 0 bridgehead atoms. The molecule has 1 N–H and O–H groups in total. The minimum absolute atomic E-state index is 0.0597. The molecule has 1 fully saturated rings. The van der Waals surface area contributed by atoms with Gasteiger partial charge < -0.3 is 10.2 Å². The van der Waals surface area contributed by atoms with E-state index in [9.17, 15) is 18.0 Å². The van der Waals surface area contributed by atoms with Crippen LogP contribution in [0.15, 0.2) is 6.07 Å². The minimum atomic E-state index is -4.41. The van der Waals surface area contributed by atoms with Crippen LogP contribution in [-0.2, 0) is 11.3 Å². The molecule has 1 aliphatic rings. The first-order valence-corrected chi connectivity index (χ1v) is 7.20. The maximum atomic E-state index is 13.0. The Morgan fingerprint density at radius 1 is 1.52 bits per heavy atom. The van der Waals surface area contributed by atoms with Gasteiger partial charge in [0.15, 0.2) is 5.82 Å². The number of amides is 1. The van der Waals surface area contributed by atoms with Crippen molar-refractivity contribution in [3.63, 3.8) is 0 Å². The van der Waals surface area contributed by atoms with Crippen molar-refractivity contribution in [3.05, 3.63) is 11.8 Å². The van der Waals surface area contributed by atoms with E-state index in [1.54, 1.807) is 24.7 Å². The van der Waals surface area contributed by atoms with Crippen molar-refractivity contribution in [1.29, 1.82) is 5.26 Å². The number of aryl methyl sites for hydroxylation is 2. The summed E-state index contributed by atoms with van der Waals surface area (Å²) in [6.45, 7) is 2.00. The number of aromatic nitrogens is 2. The molecule has 0 unspecified atom stereocenters. The number of likely N-dealkylation sites (tertiary alicyclic amines) is 1. The minimum Gasteiger partial charge on any atom is -0.309 e. The number of nitrogens with one attached hydrogen (secondary N) is 1. The lowest BCUT2D eigenvalue weighted by atomic mass is 9.94. The number of hydrogen-bond donors (Lipinski definition) is 1. The van der Waals surface area contributed by atoms with Gasteiger partial charge in [-0.1, -0.05) is 0 Å². The Labute approximate surface area is 131 Å². The van der Waals surface area contributed by atoms with Crippen molar-refractivity contribution in [2.45, 2.75) is 26.1 Å². The van der Waals surface area contributed by atoms with Gasteiger partial charge in [0, 0.05) is 24.8 Å². The van der Waals surface area contributed by atoms with E-state index >= 15 is 0 Å². The second kappa shape index (κ2) is 6.58. The summed E-state index contributed by atoms with van der Waals surface area (Å²) >= 11 is 0. The largest absolute Gasteiger partial charge is 0.393 e. The summed E-state index contributed by atoms with van der Waals surface area (Å²) in [6.07, 6.45) is -4.14. The lowest BCUT2D eigenvalue weighted by Crippen LogP contribution is -2.36. The molecular weight excluding hydrogens is 311 g/mol. The van der Waals surface area contributed by atoms with Crippen LogP contribution in [0.1, 0.15) is 12.1 Å². The fourth-order valence-corrected chi connectivity index (χ4v) is 2.77. The van der Waals surface area contributed by atoms with Crippen molar-refractivity contribution in [3.8, 4) is 6.07 Å². The molecule has 1 saturated heterocycles. The highest BCUT2D eigenvalue weighted by atomic mass is 19.4. The van der Waals surface area contributed by atoms with Crippen LogP contribution in [0.2, 0.25) is 0 Å². The summed E-state index contributed by atoms with van der Waals surface area (Å²) in [5, 5.41) is 15.1. The fourth-order valence-electron chi connectivity index (χ4n) is 2.77. The summed E-state index contributed by atoms with van der Waals surface area (Å²) < 4.78 is 40.6. The number of carbonyl (C=O) groups excluding carboxylic acids is 1. The van der Waals surface area contributed by atoms with Gasteiger partial charge in [-0.2, -0.15) is 23.5 Å². The zero-order valence-electron chi connectivity index (χ0n) is 12.9. The van der Waals surface area contributed by atoms with Crippen molar-refractivity contribution in [1.82, 2.24) is 14.7 Å². The highest BCUT2D eigenvalue weighted by Crippen LogP contribution is 2.37. The highest BCUT2D eigenvalue weighted by molar-refractivity contribution is 5.92. The Bertz CT molecular complexity index is 619. The third-order valence-electron chi connectivity index (χ3n) is 3.93. The van der Waals surface area contributed by atoms with Crippen LogP contribution in [0, 0.1) is 30.1 Å². The third kappa shape index (κ3) is 4.01. The molecule has 1 aromatic heterocycles. The van der Waals surface area contributed by atoms with E-state index in [-0.39, 0.29) is 25.3 Å². The topological polar surface area (TPSA) is 74.0 Å². The van der Waals surface area contributed by atoms with Gasteiger partial charge in [0.25, 0.3) is 0 Å². The Hall–Kier alpha value is -2.08. The van der Waals surface area contributed by atoms with E-state index < -0.39 is 23.9 Å². The number of hydrogen-bond acceptors (Lipinski definition) is 4. The first kappa shape index (κ1) is 17.3. The van der Waals surface area contributed by atoms with Crippen molar-refractivity contribution >= 4 is 11.7 Å². The number of alkyl halides is 3. The lowest BCUT2D eigenvalue weighted by Gasteiger charge is -2.20. The van der Waals surface area contributed by atoms with Crippen molar-refractivity contribution in [2.24, 2.45) is 11.8 Å². The third-order valence-corrected chi connectivity index (χ3v) is 3.93. The first-order valence-electron chi connectivity index (χ1n) is 7.20. The zero-order chi connectivity index (χ0) is 17.2. The molecule has 0 aliphatic carbocycles. The van der Waals surface area contributed by atoms with E-state index in [1.807, 2.05) is 6.07 Å². The average Bonchev–Trinajstić information content (AvgIpc) is 2.99. The number of rotatable bonds is 4. The smallest absolute Gasteiger partial charge is 0.309 e. The zero-order valence-corrected chi connectivity index (χ0v) is 12.9. The lowest BCUT2D eigenvalue weighted by molar-refractivity contribution is -0.182.